The zero-order valence-corrected chi connectivity index (χ0v) is 11.5. The van der Waals surface area contributed by atoms with Gasteiger partial charge in [-0.05, 0) is 19.8 Å². The lowest BCUT2D eigenvalue weighted by molar-refractivity contribution is -0.122. The third-order valence-electron chi connectivity index (χ3n) is 3.64. The van der Waals surface area contributed by atoms with Crippen LogP contribution in [0.5, 0.6) is 0 Å². The zero-order valence-electron chi connectivity index (χ0n) is 11.5. The van der Waals surface area contributed by atoms with Gasteiger partial charge in [0.25, 0.3) is 0 Å². The van der Waals surface area contributed by atoms with Crippen molar-refractivity contribution < 1.29 is 14.3 Å². The van der Waals surface area contributed by atoms with Crippen LogP contribution in [-0.4, -0.2) is 55.2 Å². The van der Waals surface area contributed by atoms with Crippen LogP contribution in [0.3, 0.4) is 0 Å². The quantitative estimate of drug-likeness (QED) is 0.781. The normalized spacial score (nSPS) is 25.2. The number of carbonyl (C=O) groups is 2. The molecule has 0 aromatic rings. The van der Waals surface area contributed by atoms with Gasteiger partial charge in [-0.1, -0.05) is 12.8 Å². The first-order valence-electron chi connectivity index (χ1n) is 7.08. The number of nitrogens with one attached hydrogen (secondary N) is 2. The predicted molar refractivity (Wildman–Crippen MR) is 70.8 cm³/mol. The monoisotopic (exact) mass is 269 g/mol. The lowest BCUT2D eigenvalue weighted by atomic mass is 10.2. The lowest BCUT2D eigenvalue weighted by Gasteiger charge is -2.30. The van der Waals surface area contributed by atoms with Crippen LogP contribution in [0.1, 0.15) is 32.6 Å². The number of urea groups is 1. The molecule has 6 nitrogen and oxygen atoms in total. The fourth-order valence-electron chi connectivity index (χ4n) is 2.70. The van der Waals surface area contributed by atoms with E-state index < -0.39 is 0 Å². The SMILES string of the molecule is C[C@H]1CN(CC(=O)NC(=O)NC2CCCC2)CCO1. The van der Waals surface area contributed by atoms with E-state index in [9.17, 15) is 9.59 Å². The summed E-state index contributed by atoms with van der Waals surface area (Å²) >= 11 is 0. The maximum Gasteiger partial charge on any atom is 0.321 e. The number of ether oxygens (including phenoxy) is 1. The van der Waals surface area contributed by atoms with Crippen LogP contribution in [0.2, 0.25) is 0 Å². The van der Waals surface area contributed by atoms with Crippen molar-refractivity contribution in [3.63, 3.8) is 0 Å². The van der Waals surface area contributed by atoms with Crippen molar-refractivity contribution in [3.8, 4) is 0 Å². The first kappa shape index (κ1) is 14.3. The Morgan fingerprint density at radius 2 is 2.05 bits per heavy atom. The predicted octanol–water partition coefficient (Wildman–Crippen LogP) is 0.476. The van der Waals surface area contributed by atoms with E-state index in [2.05, 4.69) is 10.6 Å². The third-order valence-corrected chi connectivity index (χ3v) is 3.64. The molecule has 0 bridgehead atoms. The Kier molecular flexibility index (Phi) is 5.15. The largest absolute Gasteiger partial charge is 0.376 e. The molecule has 108 valence electrons. The summed E-state index contributed by atoms with van der Waals surface area (Å²) in [6.07, 6.45) is 4.49. The van der Waals surface area contributed by atoms with Crippen LogP contribution < -0.4 is 10.6 Å². The van der Waals surface area contributed by atoms with E-state index in [1.165, 1.54) is 0 Å². The van der Waals surface area contributed by atoms with Crippen LogP contribution in [0, 0.1) is 0 Å². The van der Waals surface area contributed by atoms with Gasteiger partial charge in [-0.25, -0.2) is 4.79 Å². The van der Waals surface area contributed by atoms with Crippen LogP contribution in [0.15, 0.2) is 0 Å². The molecule has 2 aliphatic rings. The van der Waals surface area contributed by atoms with Crippen molar-refractivity contribution in [2.75, 3.05) is 26.2 Å². The Bertz CT molecular complexity index is 329. The van der Waals surface area contributed by atoms with Crippen molar-refractivity contribution in [2.24, 2.45) is 0 Å². The Labute approximate surface area is 113 Å². The number of imide groups is 1. The molecule has 1 aliphatic heterocycles. The summed E-state index contributed by atoms with van der Waals surface area (Å²) in [4.78, 5) is 25.4. The second-order valence-corrected chi connectivity index (χ2v) is 5.42. The molecule has 2 N–H and O–H groups in total. The standard InChI is InChI=1S/C13H23N3O3/c1-10-8-16(6-7-19-10)9-12(17)15-13(18)14-11-4-2-3-5-11/h10-11H,2-9H2,1H3,(H2,14,15,17,18)/t10-/m0/s1. The summed E-state index contributed by atoms with van der Waals surface area (Å²) in [5.41, 5.74) is 0. The van der Waals surface area contributed by atoms with Gasteiger partial charge in [0.1, 0.15) is 0 Å². The molecule has 19 heavy (non-hydrogen) atoms. The van der Waals surface area contributed by atoms with Gasteiger partial charge in [0.15, 0.2) is 0 Å². The highest BCUT2D eigenvalue weighted by Crippen LogP contribution is 2.17. The van der Waals surface area contributed by atoms with E-state index in [0.29, 0.717) is 6.61 Å². The molecule has 6 heteroatoms. The summed E-state index contributed by atoms with van der Waals surface area (Å²) in [5, 5.41) is 5.24. The van der Waals surface area contributed by atoms with Crippen molar-refractivity contribution >= 4 is 11.9 Å². The van der Waals surface area contributed by atoms with Crippen LogP contribution >= 0.6 is 0 Å². The number of rotatable bonds is 3. The first-order valence-corrected chi connectivity index (χ1v) is 7.08. The van der Waals surface area contributed by atoms with E-state index in [1.54, 1.807) is 0 Å². The van der Waals surface area contributed by atoms with Crippen molar-refractivity contribution in [1.29, 1.82) is 0 Å². The molecule has 2 fully saturated rings. The van der Waals surface area contributed by atoms with Gasteiger partial charge in [0, 0.05) is 19.1 Å². The topological polar surface area (TPSA) is 70.7 Å². The molecule has 0 aromatic heterocycles. The van der Waals surface area contributed by atoms with Crippen LogP contribution in [-0.2, 0) is 9.53 Å². The molecule has 3 amide bonds. The third kappa shape index (κ3) is 4.80. The summed E-state index contributed by atoms with van der Waals surface area (Å²) in [6, 6.07) is -0.130. The molecule has 1 saturated carbocycles. The highest BCUT2D eigenvalue weighted by atomic mass is 16.5. The average molecular weight is 269 g/mol. The molecule has 0 aromatic carbocycles. The van der Waals surface area contributed by atoms with Crippen molar-refractivity contribution in [2.45, 2.75) is 44.8 Å². The van der Waals surface area contributed by atoms with Gasteiger partial charge in [-0.3, -0.25) is 15.0 Å². The van der Waals surface area contributed by atoms with Gasteiger partial charge in [0.05, 0.1) is 19.3 Å². The summed E-state index contributed by atoms with van der Waals surface area (Å²) in [6.45, 7) is 4.35. The van der Waals surface area contributed by atoms with E-state index in [0.717, 1.165) is 38.8 Å². The number of hydrogen-bond acceptors (Lipinski definition) is 4. The van der Waals surface area contributed by atoms with Crippen LogP contribution in [0.4, 0.5) is 4.79 Å². The Balaban J connectivity index is 1.66. The summed E-state index contributed by atoms with van der Waals surface area (Å²) in [5.74, 6) is -0.246. The second kappa shape index (κ2) is 6.86. The van der Waals surface area contributed by atoms with Gasteiger partial charge in [0.2, 0.25) is 5.91 Å². The fourth-order valence-corrected chi connectivity index (χ4v) is 2.70. The highest BCUT2D eigenvalue weighted by Gasteiger charge is 2.21. The van der Waals surface area contributed by atoms with Crippen molar-refractivity contribution in [3.05, 3.63) is 0 Å². The minimum Gasteiger partial charge on any atom is -0.376 e. The molecule has 1 saturated heterocycles. The minimum atomic E-state index is -0.363. The highest BCUT2D eigenvalue weighted by molar-refractivity contribution is 5.95. The number of hydrogen-bond donors (Lipinski definition) is 2. The Morgan fingerprint density at radius 3 is 2.74 bits per heavy atom. The molecule has 0 unspecified atom stereocenters. The minimum absolute atomic E-state index is 0.147. The van der Waals surface area contributed by atoms with E-state index in [1.807, 2.05) is 11.8 Å². The second-order valence-electron chi connectivity index (χ2n) is 5.42. The van der Waals surface area contributed by atoms with E-state index >= 15 is 0 Å². The summed E-state index contributed by atoms with van der Waals surface area (Å²) < 4.78 is 5.41. The number of morpholine rings is 1. The molecule has 1 heterocycles. The van der Waals surface area contributed by atoms with Gasteiger partial charge >= 0.3 is 6.03 Å². The summed E-state index contributed by atoms with van der Waals surface area (Å²) in [7, 11) is 0. The molecule has 0 radical (unpaired) electrons. The fraction of sp³-hybridized carbons (Fsp3) is 0.846. The molecule has 0 spiro atoms. The van der Waals surface area contributed by atoms with Gasteiger partial charge < -0.3 is 10.1 Å². The molecular formula is C13H23N3O3. The van der Waals surface area contributed by atoms with Gasteiger partial charge in [-0.2, -0.15) is 0 Å². The zero-order chi connectivity index (χ0) is 13.7. The molecule has 1 atom stereocenters. The van der Waals surface area contributed by atoms with E-state index in [4.69, 9.17) is 4.74 Å². The number of carbonyl (C=O) groups excluding carboxylic acids is 2. The number of nitrogens with zero attached hydrogens (tertiary/aromatic N) is 1. The molecule has 1 aliphatic carbocycles. The van der Waals surface area contributed by atoms with Crippen LogP contribution in [0.25, 0.3) is 0 Å². The lowest BCUT2D eigenvalue weighted by Crippen LogP contribution is -2.50. The Hall–Kier alpha value is -1.14. The Morgan fingerprint density at radius 1 is 1.32 bits per heavy atom. The average Bonchev–Trinajstić information content (AvgIpc) is 2.81. The maximum atomic E-state index is 11.7. The number of amides is 3. The first-order chi connectivity index (χ1) is 9.13. The van der Waals surface area contributed by atoms with Crippen molar-refractivity contribution in [1.82, 2.24) is 15.5 Å². The molecular weight excluding hydrogens is 246 g/mol. The van der Waals surface area contributed by atoms with E-state index in [-0.39, 0.29) is 30.6 Å². The smallest absolute Gasteiger partial charge is 0.321 e. The maximum absolute atomic E-state index is 11.7. The van der Waals surface area contributed by atoms with Gasteiger partial charge in [-0.15, -0.1) is 0 Å². The molecule has 2 rings (SSSR count).